The summed E-state index contributed by atoms with van der Waals surface area (Å²) in [6, 6.07) is 0. The van der Waals surface area contributed by atoms with Crippen molar-refractivity contribution in [1.29, 1.82) is 0 Å². The van der Waals surface area contributed by atoms with E-state index in [-0.39, 0.29) is 23.9 Å². The summed E-state index contributed by atoms with van der Waals surface area (Å²) in [5.74, 6) is 4.75. The van der Waals surface area contributed by atoms with Crippen molar-refractivity contribution in [1.82, 2.24) is 0 Å². The van der Waals surface area contributed by atoms with Gasteiger partial charge in [0.25, 0.3) is 0 Å². The standard InChI is InChI=1S/C8H17NO3/c1-8(2,3)6(12-9)5-7(10)11-4/h6H,5,9H2,1-4H3. The van der Waals surface area contributed by atoms with E-state index in [2.05, 4.69) is 9.57 Å². The minimum absolute atomic E-state index is 0.150. The molecule has 0 saturated heterocycles. The lowest BCUT2D eigenvalue weighted by Gasteiger charge is -2.27. The topological polar surface area (TPSA) is 61.5 Å². The SMILES string of the molecule is COC(=O)CC(ON)C(C)(C)C. The van der Waals surface area contributed by atoms with E-state index in [0.29, 0.717) is 0 Å². The molecular weight excluding hydrogens is 158 g/mol. The van der Waals surface area contributed by atoms with Crippen LogP contribution in [0.4, 0.5) is 0 Å². The highest BCUT2D eigenvalue weighted by Crippen LogP contribution is 2.23. The molecule has 4 nitrogen and oxygen atoms in total. The molecule has 0 fully saturated rings. The third-order valence-corrected chi connectivity index (χ3v) is 1.71. The molecule has 1 atom stereocenters. The molecule has 0 spiro atoms. The summed E-state index contributed by atoms with van der Waals surface area (Å²) in [4.78, 5) is 15.6. The van der Waals surface area contributed by atoms with E-state index in [4.69, 9.17) is 5.90 Å². The molecule has 4 heteroatoms. The Kier molecular flexibility index (Phi) is 4.20. The summed E-state index contributed by atoms with van der Waals surface area (Å²) in [7, 11) is 1.35. The average Bonchev–Trinajstić information content (AvgIpc) is 1.97. The number of nitrogens with two attached hydrogens (primary N) is 1. The largest absolute Gasteiger partial charge is 0.469 e. The van der Waals surface area contributed by atoms with Crippen LogP contribution in [0.2, 0.25) is 0 Å². The number of carbonyl (C=O) groups excluding carboxylic acids is 1. The molecule has 72 valence electrons. The van der Waals surface area contributed by atoms with Crippen LogP contribution >= 0.6 is 0 Å². The van der Waals surface area contributed by atoms with E-state index in [1.54, 1.807) is 0 Å². The fraction of sp³-hybridized carbons (Fsp3) is 0.875. The molecule has 0 rings (SSSR count). The molecule has 2 N–H and O–H groups in total. The Balaban J connectivity index is 4.09. The second-order valence-electron chi connectivity index (χ2n) is 3.77. The van der Waals surface area contributed by atoms with Crippen molar-refractivity contribution in [3.05, 3.63) is 0 Å². The van der Waals surface area contributed by atoms with E-state index in [9.17, 15) is 4.79 Å². The van der Waals surface area contributed by atoms with Gasteiger partial charge in [-0.1, -0.05) is 20.8 Å². The van der Waals surface area contributed by atoms with Crippen LogP contribution in [0.25, 0.3) is 0 Å². The van der Waals surface area contributed by atoms with E-state index in [1.165, 1.54) is 7.11 Å². The molecule has 0 bridgehead atoms. The number of esters is 1. The predicted molar refractivity (Wildman–Crippen MR) is 45.1 cm³/mol. The van der Waals surface area contributed by atoms with Crippen LogP contribution in [-0.2, 0) is 14.4 Å². The number of hydrogen-bond acceptors (Lipinski definition) is 4. The number of rotatable bonds is 3. The van der Waals surface area contributed by atoms with Gasteiger partial charge in [-0.25, -0.2) is 5.90 Å². The van der Waals surface area contributed by atoms with Gasteiger partial charge < -0.3 is 9.57 Å². The summed E-state index contributed by atoms with van der Waals surface area (Å²) in [5.41, 5.74) is -0.150. The number of carbonyl (C=O) groups is 1. The Hall–Kier alpha value is -0.610. The normalized spacial score (nSPS) is 14.1. The van der Waals surface area contributed by atoms with Crippen molar-refractivity contribution < 1.29 is 14.4 Å². The molecule has 0 saturated carbocycles. The van der Waals surface area contributed by atoms with Crippen molar-refractivity contribution in [2.24, 2.45) is 11.3 Å². The minimum Gasteiger partial charge on any atom is -0.469 e. The zero-order valence-electron chi connectivity index (χ0n) is 8.09. The van der Waals surface area contributed by atoms with Gasteiger partial charge in [-0.2, -0.15) is 0 Å². The van der Waals surface area contributed by atoms with Gasteiger partial charge in [0.05, 0.1) is 19.6 Å². The molecule has 0 heterocycles. The highest BCUT2D eigenvalue weighted by Gasteiger charge is 2.27. The fourth-order valence-corrected chi connectivity index (χ4v) is 0.793. The molecule has 0 aliphatic heterocycles. The average molecular weight is 175 g/mol. The maximum atomic E-state index is 10.9. The van der Waals surface area contributed by atoms with Crippen LogP contribution in [0.3, 0.4) is 0 Å². The first-order valence-electron chi connectivity index (χ1n) is 3.84. The summed E-state index contributed by atoms with van der Waals surface area (Å²) in [6.45, 7) is 5.86. The van der Waals surface area contributed by atoms with Gasteiger partial charge in [-0.05, 0) is 5.41 Å². The zero-order valence-corrected chi connectivity index (χ0v) is 8.09. The summed E-state index contributed by atoms with van der Waals surface area (Å²) in [6.07, 6.45) is -0.110. The Morgan fingerprint density at radius 3 is 2.25 bits per heavy atom. The second kappa shape index (κ2) is 4.42. The van der Waals surface area contributed by atoms with Crippen molar-refractivity contribution in [3.63, 3.8) is 0 Å². The van der Waals surface area contributed by atoms with Crippen LogP contribution in [-0.4, -0.2) is 19.2 Å². The zero-order chi connectivity index (χ0) is 9.78. The lowest BCUT2D eigenvalue weighted by atomic mass is 9.87. The molecule has 12 heavy (non-hydrogen) atoms. The maximum Gasteiger partial charge on any atom is 0.308 e. The third-order valence-electron chi connectivity index (χ3n) is 1.71. The molecule has 0 aromatic carbocycles. The lowest BCUT2D eigenvalue weighted by Crippen LogP contribution is -2.34. The van der Waals surface area contributed by atoms with Gasteiger partial charge >= 0.3 is 5.97 Å². The van der Waals surface area contributed by atoms with Crippen LogP contribution in [0, 0.1) is 5.41 Å². The Morgan fingerprint density at radius 1 is 1.50 bits per heavy atom. The molecule has 0 amide bonds. The monoisotopic (exact) mass is 175 g/mol. The van der Waals surface area contributed by atoms with Gasteiger partial charge in [-0.15, -0.1) is 0 Å². The summed E-state index contributed by atoms with van der Waals surface area (Å²) in [5, 5.41) is 0. The summed E-state index contributed by atoms with van der Waals surface area (Å²) >= 11 is 0. The molecule has 0 aliphatic rings. The number of hydrogen-bond donors (Lipinski definition) is 1. The van der Waals surface area contributed by atoms with Crippen molar-refractivity contribution >= 4 is 5.97 Å². The van der Waals surface area contributed by atoms with Gasteiger partial charge in [0.1, 0.15) is 0 Å². The number of ether oxygens (including phenoxy) is 1. The molecule has 0 aromatic rings. The van der Waals surface area contributed by atoms with E-state index in [0.717, 1.165) is 0 Å². The quantitative estimate of drug-likeness (QED) is 0.510. The Labute approximate surface area is 73.0 Å². The van der Waals surface area contributed by atoms with E-state index < -0.39 is 0 Å². The first-order chi connectivity index (χ1) is 5.41. The predicted octanol–water partition coefficient (Wildman–Crippen LogP) is 0.854. The highest BCUT2D eigenvalue weighted by molar-refractivity contribution is 5.69. The smallest absolute Gasteiger partial charge is 0.308 e. The Bertz CT molecular complexity index is 151. The maximum absolute atomic E-state index is 10.9. The van der Waals surface area contributed by atoms with Gasteiger partial charge in [-0.3, -0.25) is 4.79 Å². The van der Waals surface area contributed by atoms with Gasteiger partial charge in [0, 0.05) is 0 Å². The molecular formula is C8H17NO3. The molecule has 0 radical (unpaired) electrons. The van der Waals surface area contributed by atoms with Crippen LogP contribution in [0.15, 0.2) is 0 Å². The fourth-order valence-electron chi connectivity index (χ4n) is 0.793. The Morgan fingerprint density at radius 2 is 2.00 bits per heavy atom. The van der Waals surface area contributed by atoms with E-state index in [1.807, 2.05) is 20.8 Å². The molecule has 0 aromatic heterocycles. The third kappa shape index (κ3) is 3.69. The highest BCUT2D eigenvalue weighted by atomic mass is 16.6. The first kappa shape index (κ1) is 11.4. The van der Waals surface area contributed by atoms with Gasteiger partial charge in [0.15, 0.2) is 0 Å². The molecule has 0 aliphatic carbocycles. The van der Waals surface area contributed by atoms with Crippen molar-refractivity contribution in [2.75, 3.05) is 7.11 Å². The van der Waals surface area contributed by atoms with Crippen molar-refractivity contribution in [3.8, 4) is 0 Å². The van der Waals surface area contributed by atoms with Crippen LogP contribution < -0.4 is 5.90 Å². The lowest BCUT2D eigenvalue weighted by molar-refractivity contribution is -0.146. The van der Waals surface area contributed by atoms with Crippen LogP contribution in [0.1, 0.15) is 27.2 Å². The minimum atomic E-state index is -0.305. The summed E-state index contributed by atoms with van der Waals surface area (Å²) < 4.78 is 4.50. The molecule has 1 unspecified atom stereocenters. The van der Waals surface area contributed by atoms with Crippen LogP contribution in [0.5, 0.6) is 0 Å². The number of methoxy groups -OCH3 is 1. The second-order valence-corrected chi connectivity index (χ2v) is 3.77. The van der Waals surface area contributed by atoms with E-state index >= 15 is 0 Å². The van der Waals surface area contributed by atoms with Crippen molar-refractivity contribution in [2.45, 2.75) is 33.3 Å². The van der Waals surface area contributed by atoms with Gasteiger partial charge in [0.2, 0.25) is 0 Å². The first-order valence-corrected chi connectivity index (χ1v) is 3.84.